The smallest absolute Gasteiger partial charge is 0.295 e. The van der Waals surface area contributed by atoms with E-state index in [2.05, 4.69) is 0 Å². The Balaban J connectivity index is 2.19. The number of hydrogen-bond donors (Lipinski definition) is 2. The van der Waals surface area contributed by atoms with Gasteiger partial charge in [0.05, 0.1) is 37.5 Å². The summed E-state index contributed by atoms with van der Waals surface area (Å²) in [5.41, 5.74) is 0.569. The van der Waals surface area contributed by atoms with Crippen molar-refractivity contribution in [1.82, 2.24) is 4.90 Å². The highest BCUT2D eigenvalue weighted by atomic mass is 35.5. The molecule has 1 aliphatic heterocycles. The van der Waals surface area contributed by atoms with Crippen LogP contribution in [0, 0.1) is 0 Å². The summed E-state index contributed by atoms with van der Waals surface area (Å²) in [6, 6.07) is 8.11. The molecular formula is C22H22ClNO7. The van der Waals surface area contributed by atoms with E-state index >= 15 is 0 Å². The van der Waals surface area contributed by atoms with Crippen molar-refractivity contribution < 1.29 is 34.0 Å². The average Bonchev–Trinajstić information content (AvgIpc) is 3.02. The number of aliphatic hydroxyl groups excluding tert-OH is 1. The number of phenols is 1. The van der Waals surface area contributed by atoms with E-state index in [4.69, 9.17) is 25.8 Å². The second-order valence-corrected chi connectivity index (χ2v) is 7.17. The molecule has 0 aliphatic carbocycles. The molecule has 1 unspecified atom stereocenters. The number of carbonyl (C=O) groups is 2. The largest absolute Gasteiger partial charge is 0.507 e. The lowest BCUT2D eigenvalue weighted by Gasteiger charge is -2.25. The van der Waals surface area contributed by atoms with E-state index in [9.17, 15) is 19.8 Å². The summed E-state index contributed by atoms with van der Waals surface area (Å²) in [6.07, 6.45) is 0. The standard InChI is InChI=1S/C22H22ClNO7/c1-29-9-8-24-19(12-5-7-16(30-2)15(25)10-12)18(21(27)22(24)28)20(26)13-4-6-14(23)17(11-13)31-3/h4-7,10-11,19,25-26H,8-9H2,1-3H3/b20-18-. The van der Waals surface area contributed by atoms with E-state index in [1.165, 1.54) is 56.6 Å². The number of Topliss-reactive ketones (excluding diaryl/α,β-unsaturated/α-hetero) is 1. The van der Waals surface area contributed by atoms with E-state index in [0.717, 1.165) is 0 Å². The monoisotopic (exact) mass is 447 g/mol. The fourth-order valence-corrected chi connectivity index (χ4v) is 3.68. The summed E-state index contributed by atoms with van der Waals surface area (Å²) < 4.78 is 15.3. The molecule has 1 aliphatic rings. The predicted molar refractivity (Wildman–Crippen MR) is 114 cm³/mol. The number of methoxy groups -OCH3 is 3. The van der Waals surface area contributed by atoms with Gasteiger partial charge in [-0.15, -0.1) is 0 Å². The molecule has 0 radical (unpaired) electrons. The number of aliphatic hydroxyl groups is 1. The second kappa shape index (κ2) is 9.28. The summed E-state index contributed by atoms with van der Waals surface area (Å²) >= 11 is 6.06. The number of amides is 1. The lowest BCUT2D eigenvalue weighted by Crippen LogP contribution is -2.32. The molecule has 1 amide bonds. The minimum absolute atomic E-state index is 0.110. The average molecular weight is 448 g/mol. The summed E-state index contributed by atoms with van der Waals surface area (Å²) in [6.45, 7) is 0.291. The van der Waals surface area contributed by atoms with E-state index in [-0.39, 0.29) is 41.5 Å². The van der Waals surface area contributed by atoms with Crippen molar-refractivity contribution in [2.24, 2.45) is 0 Å². The van der Waals surface area contributed by atoms with Crippen LogP contribution in [0.1, 0.15) is 17.2 Å². The Bertz CT molecular complexity index is 1050. The zero-order valence-corrected chi connectivity index (χ0v) is 18.0. The number of halogens is 1. The van der Waals surface area contributed by atoms with Gasteiger partial charge in [0.2, 0.25) is 0 Å². The van der Waals surface area contributed by atoms with Crippen LogP contribution >= 0.6 is 11.6 Å². The third kappa shape index (κ3) is 4.17. The highest BCUT2D eigenvalue weighted by Gasteiger charge is 2.46. The summed E-state index contributed by atoms with van der Waals surface area (Å²) in [5, 5.41) is 21.6. The maximum Gasteiger partial charge on any atom is 0.295 e. The Morgan fingerprint density at radius 3 is 2.39 bits per heavy atom. The minimum atomic E-state index is -0.936. The van der Waals surface area contributed by atoms with Crippen LogP contribution in [0.5, 0.6) is 17.2 Å². The quantitative estimate of drug-likeness (QED) is 0.381. The van der Waals surface area contributed by atoms with Gasteiger partial charge in [0, 0.05) is 19.2 Å². The number of ketones is 1. The van der Waals surface area contributed by atoms with Crippen LogP contribution in [0.15, 0.2) is 42.0 Å². The summed E-state index contributed by atoms with van der Waals surface area (Å²) in [4.78, 5) is 27.0. The number of phenolic OH excluding ortho intramolecular Hbond substituents is 1. The van der Waals surface area contributed by atoms with Crippen molar-refractivity contribution in [1.29, 1.82) is 0 Å². The molecule has 1 saturated heterocycles. The Labute approximate surface area is 184 Å². The number of benzene rings is 2. The van der Waals surface area contributed by atoms with Crippen molar-refractivity contribution in [2.75, 3.05) is 34.5 Å². The number of likely N-dealkylation sites (tertiary alicyclic amines) is 1. The maximum absolute atomic E-state index is 12.9. The molecule has 2 aromatic rings. The zero-order valence-electron chi connectivity index (χ0n) is 17.2. The van der Waals surface area contributed by atoms with Gasteiger partial charge in [0.1, 0.15) is 11.5 Å². The van der Waals surface area contributed by atoms with Crippen molar-refractivity contribution in [3.05, 3.63) is 58.1 Å². The SMILES string of the molecule is COCCN1C(=O)C(=O)/C(=C(\O)c2ccc(Cl)c(OC)c2)C1c1ccc(OC)c(O)c1. The molecule has 0 spiro atoms. The van der Waals surface area contributed by atoms with Gasteiger partial charge in [-0.2, -0.15) is 0 Å². The molecule has 31 heavy (non-hydrogen) atoms. The highest BCUT2D eigenvalue weighted by molar-refractivity contribution is 6.46. The van der Waals surface area contributed by atoms with E-state index in [1.807, 2.05) is 0 Å². The number of carbonyl (C=O) groups excluding carboxylic acids is 2. The molecule has 2 N–H and O–H groups in total. The lowest BCUT2D eigenvalue weighted by atomic mass is 9.95. The molecule has 2 aromatic carbocycles. The van der Waals surface area contributed by atoms with Gasteiger partial charge in [0.25, 0.3) is 11.7 Å². The molecule has 0 aromatic heterocycles. The molecule has 8 nitrogen and oxygen atoms in total. The Morgan fingerprint density at radius 1 is 1.06 bits per heavy atom. The Hall–Kier alpha value is -3.23. The first-order valence-electron chi connectivity index (χ1n) is 9.32. The number of hydrogen-bond acceptors (Lipinski definition) is 7. The summed E-state index contributed by atoms with van der Waals surface area (Å²) in [5.74, 6) is -1.63. The third-order valence-corrected chi connectivity index (χ3v) is 5.33. The van der Waals surface area contributed by atoms with Crippen LogP contribution in [0.2, 0.25) is 5.02 Å². The molecule has 1 heterocycles. The number of rotatable bonds is 7. The van der Waals surface area contributed by atoms with Crippen LogP contribution in [0.25, 0.3) is 5.76 Å². The van der Waals surface area contributed by atoms with Gasteiger partial charge in [-0.3, -0.25) is 9.59 Å². The van der Waals surface area contributed by atoms with Gasteiger partial charge in [-0.1, -0.05) is 17.7 Å². The maximum atomic E-state index is 12.9. The first kappa shape index (κ1) is 22.5. The molecule has 0 saturated carbocycles. The number of nitrogens with zero attached hydrogens (tertiary/aromatic N) is 1. The minimum Gasteiger partial charge on any atom is -0.507 e. The first-order chi connectivity index (χ1) is 14.8. The fraction of sp³-hybridized carbons (Fsp3) is 0.273. The summed E-state index contributed by atoms with van der Waals surface area (Å²) in [7, 11) is 4.31. The van der Waals surface area contributed by atoms with Crippen LogP contribution in [-0.4, -0.2) is 61.3 Å². The number of aromatic hydroxyl groups is 1. The zero-order chi connectivity index (χ0) is 22.7. The normalized spacial score (nSPS) is 17.8. The van der Waals surface area contributed by atoms with E-state index in [1.54, 1.807) is 6.07 Å². The van der Waals surface area contributed by atoms with Gasteiger partial charge in [-0.25, -0.2) is 0 Å². The third-order valence-electron chi connectivity index (χ3n) is 5.02. The topological polar surface area (TPSA) is 106 Å². The van der Waals surface area contributed by atoms with Crippen molar-refractivity contribution in [3.63, 3.8) is 0 Å². The molecular weight excluding hydrogens is 426 g/mol. The highest BCUT2D eigenvalue weighted by Crippen LogP contribution is 2.42. The first-order valence-corrected chi connectivity index (χ1v) is 9.70. The molecule has 164 valence electrons. The van der Waals surface area contributed by atoms with Gasteiger partial charge < -0.3 is 29.3 Å². The van der Waals surface area contributed by atoms with Crippen molar-refractivity contribution >= 4 is 29.1 Å². The molecule has 1 atom stereocenters. The molecule has 3 rings (SSSR count). The van der Waals surface area contributed by atoms with Gasteiger partial charge in [-0.05, 0) is 35.9 Å². The lowest BCUT2D eigenvalue weighted by molar-refractivity contribution is -0.140. The van der Waals surface area contributed by atoms with Crippen molar-refractivity contribution in [2.45, 2.75) is 6.04 Å². The predicted octanol–water partition coefficient (Wildman–Crippen LogP) is 3.13. The Morgan fingerprint density at radius 2 is 1.77 bits per heavy atom. The van der Waals surface area contributed by atoms with Crippen LogP contribution in [0.3, 0.4) is 0 Å². The molecule has 0 bridgehead atoms. The van der Waals surface area contributed by atoms with Crippen LogP contribution < -0.4 is 9.47 Å². The van der Waals surface area contributed by atoms with Crippen LogP contribution in [0.4, 0.5) is 0 Å². The number of ether oxygens (including phenoxy) is 3. The molecule has 9 heteroatoms. The fourth-order valence-electron chi connectivity index (χ4n) is 3.49. The van der Waals surface area contributed by atoms with E-state index in [0.29, 0.717) is 16.3 Å². The molecule has 1 fully saturated rings. The second-order valence-electron chi connectivity index (χ2n) is 6.77. The van der Waals surface area contributed by atoms with Crippen molar-refractivity contribution in [3.8, 4) is 17.2 Å². The Kier molecular flexibility index (Phi) is 6.72. The van der Waals surface area contributed by atoms with Gasteiger partial charge in [0.15, 0.2) is 11.5 Å². The van der Waals surface area contributed by atoms with E-state index < -0.39 is 17.7 Å². The van der Waals surface area contributed by atoms with Crippen LogP contribution in [-0.2, 0) is 14.3 Å². The van der Waals surface area contributed by atoms with Gasteiger partial charge >= 0.3 is 0 Å².